The number of thioether (sulfide) groups is 1. The van der Waals surface area contributed by atoms with Crippen LogP contribution in [0, 0.1) is 5.82 Å². The Balaban J connectivity index is 1.65. The van der Waals surface area contributed by atoms with E-state index in [0.717, 1.165) is 0 Å². The van der Waals surface area contributed by atoms with Gasteiger partial charge in [-0.25, -0.2) is 14.1 Å². The van der Waals surface area contributed by atoms with Crippen molar-refractivity contribution in [3.63, 3.8) is 0 Å². The number of fused-ring (bicyclic) bond motifs is 1. The first-order valence-electron chi connectivity index (χ1n) is 8.99. The molecule has 1 unspecified atom stereocenters. The van der Waals surface area contributed by atoms with Gasteiger partial charge in [0.2, 0.25) is 0 Å². The van der Waals surface area contributed by atoms with Crippen molar-refractivity contribution in [2.24, 2.45) is 0 Å². The lowest BCUT2D eigenvalue weighted by Gasteiger charge is -2.14. The number of benzene rings is 1. The predicted molar refractivity (Wildman–Crippen MR) is 108 cm³/mol. The summed E-state index contributed by atoms with van der Waals surface area (Å²) < 4.78 is 20.5. The Morgan fingerprint density at radius 1 is 1.24 bits per heavy atom. The zero-order valence-electron chi connectivity index (χ0n) is 15.8. The van der Waals surface area contributed by atoms with Gasteiger partial charge in [-0.1, -0.05) is 18.7 Å². The molecule has 4 rings (SSSR count). The third-order valence-electron chi connectivity index (χ3n) is 4.55. The Bertz CT molecular complexity index is 1160. The normalized spacial score (nSPS) is 12.2. The zero-order valence-corrected chi connectivity index (χ0v) is 16.6. The van der Waals surface area contributed by atoms with E-state index >= 15 is 0 Å². The number of nitrogens with one attached hydrogen (secondary N) is 1. The lowest BCUT2D eigenvalue weighted by atomic mass is 10.1. The summed E-state index contributed by atoms with van der Waals surface area (Å²) in [6.45, 7) is 1.96. The van der Waals surface area contributed by atoms with Gasteiger partial charge in [0.25, 0.3) is 11.1 Å². The van der Waals surface area contributed by atoms with Crippen molar-refractivity contribution in [3.05, 3.63) is 66.2 Å². The van der Waals surface area contributed by atoms with Crippen LogP contribution in [0.4, 0.5) is 4.39 Å². The van der Waals surface area contributed by atoms with Crippen molar-refractivity contribution in [1.29, 1.82) is 0 Å². The molecule has 0 bridgehead atoms. The fourth-order valence-corrected chi connectivity index (χ4v) is 3.38. The van der Waals surface area contributed by atoms with Crippen LogP contribution in [0.5, 0.6) is 0 Å². The molecular weight excluding hydrogens is 393 g/mol. The van der Waals surface area contributed by atoms with Crippen LogP contribution in [0.25, 0.3) is 16.6 Å². The maximum atomic E-state index is 13.2. The number of carbonyl (C=O) groups excluding carboxylic acids is 1. The van der Waals surface area contributed by atoms with E-state index in [2.05, 4.69) is 20.4 Å². The largest absolute Gasteiger partial charge is 0.434 e. The van der Waals surface area contributed by atoms with Gasteiger partial charge < -0.3 is 9.73 Å². The molecule has 0 aliphatic carbocycles. The average molecular weight is 411 g/mol. The van der Waals surface area contributed by atoms with Crippen LogP contribution < -0.4 is 5.32 Å². The van der Waals surface area contributed by atoms with E-state index in [-0.39, 0.29) is 17.8 Å². The van der Waals surface area contributed by atoms with Crippen molar-refractivity contribution in [2.75, 3.05) is 6.26 Å². The molecule has 0 aliphatic heterocycles. The maximum absolute atomic E-state index is 13.2. The van der Waals surface area contributed by atoms with Gasteiger partial charge in [0, 0.05) is 11.6 Å². The number of rotatable bonds is 6. The van der Waals surface area contributed by atoms with Crippen LogP contribution in [-0.2, 0) is 0 Å². The number of hydrogen-bond donors (Lipinski definition) is 1. The molecule has 148 valence electrons. The highest BCUT2D eigenvalue weighted by Gasteiger charge is 2.21. The first-order valence-corrected chi connectivity index (χ1v) is 10.2. The molecule has 0 saturated heterocycles. The molecule has 0 radical (unpaired) electrons. The summed E-state index contributed by atoms with van der Waals surface area (Å²) >= 11 is 1.40. The number of halogens is 1. The van der Waals surface area contributed by atoms with Crippen LogP contribution in [0.1, 0.15) is 35.5 Å². The number of carbonyl (C=O) groups is 1. The molecule has 1 amide bonds. The third-order valence-corrected chi connectivity index (χ3v) is 5.08. The minimum atomic E-state index is -0.328. The summed E-state index contributed by atoms with van der Waals surface area (Å²) in [5.41, 5.74) is 1.74. The van der Waals surface area contributed by atoms with E-state index in [1.54, 1.807) is 35.4 Å². The second-order valence-corrected chi connectivity index (χ2v) is 7.08. The molecule has 1 N–H and O–H groups in total. The van der Waals surface area contributed by atoms with Crippen molar-refractivity contribution in [1.82, 2.24) is 25.1 Å². The molecule has 29 heavy (non-hydrogen) atoms. The van der Waals surface area contributed by atoms with Crippen molar-refractivity contribution >= 4 is 28.6 Å². The van der Waals surface area contributed by atoms with Crippen molar-refractivity contribution in [3.8, 4) is 5.69 Å². The molecule has 0 saturated carbocycles. The Morgan fingerprint density at radius 3 is 2.72 bits per heavy atom. The first kappa shape index (κ1) is 19.1. The minimum Gasteiger partial charge on any atom is -0.434 e. The number of oxazole rings is 1. The molecule has 3 heterocycles. The van der Waals surface area contributed by atoms with E-state index in [1.165, 1.54) is 30.1 Å². The standard InChI is InChI=1S/C20H18FN5O2S/c1-3-16(18-11-23-20(28-18)29-2)25-19(27)15-8-22-10-17-14(15)9-24-26(17)13-6-4-12(21)5-7-13/h4-11,16H,3H2,1-2H3,(H,25,27). The van der Waals surface area contributed by atoms with Crippen LogP contribution in [0.15, 0.2) is 58.7 Å². The number of nitrogens with zero attached hydrogens (tertiary/aromatic N) is 4. The van der Waals surface area contributed by atoms with E-state index in [4.69, 9.17) is 4.42 Å². The summed E-state index contributed by atoms with van der Waals surface area (Å²) in [6.07, 6.45) is 8.89. The molecule has 7 nitrogen and oxygen atoms in total. The van der Waals surface area contributed by atoms with Gasteiger partial charge in [-0.15, -0.1) is 0 Å². The van der Waals surface area contributed by atoms with Crippen molar-refractivity contribution in [2.45, 2.75) is 24.6 Å². The fraction of sp³-hybridized carbons (Fsp3) is 0.200. The van der Waals surface area contributed by atoms with Gasteiger partial charge in [0.15, 0.2) is 0 Å². The quantitative estimate of drug-likeness (QED) is 0.480. The highest BCUT2D eigenvalue weighted by Crippen LogP contribution is 2.24. The van der Waals surface area contributed by atoms with Gasteiger partial charge in [-0.05, 0) is 36.9 Å². The lowest BCUT2D eigenvalue weighted by Crippen LogP contribution is -2.28. The van der Waals surface area contributed by atoms with E-state index < -0.39 is 0 Å². The molecule has 4 aromatic rings. The summed E-state index contributed by atoms with van der Waals surface area (Å²) in [5, 5.41) is 8.53. The minimum absolute atomic E-state index is 0.282. The van der Waals surface area contributed by atoms with Gasteiger partial charge in [-0.2, -0.15) is 5.10 Å². The van der Waals surface area contributed by atoms with Crippen LogP contribution >= 0.6 is 11.8 Å². The Labute approximate surface area is 170 Å². The topological polar surface area (TPSA) is 85.8 Å². The average Bonchev–Trinajstić information content (AvgIpc) is 3.39. The predicted octanol–water partition coefficient (Wildman–Crippen LogP) is 4.15. The molecule has 0 spiro atoms. The van der Waals surface area contributed by atoms with Crippen molar-refractivity contribution < 1.29 is 13.6 Å². The molecule has 1 atom stereocenters. The Kier molecular flexibility index (Phi) is 5.30. The smallest absolute Gasteiger partial charge is 0.255 e. The summed E-state index contributed by atoms with van der Waals surface area (Å²) in [4.78, 5) is 21.3. The fourth-order valence-electron chi connectivity index (χ4n) is 3.05. The second kappa shape index (κ2) is 8.04. The van der Waals surface area contributed by atoms with Crippen LogP contribution in [0.2, 0.25) is 0 Å². The van der Waals surface area contributed by atoms with E-state index in [1.807, 2.05) is 13.2 Å². The van der Waals surface area contributed by atoms with Crippen LogP contribution in [-0.4, -0.2) is 31.9 Å². The number of aromatic nitrogens is 4. The summed E-state index contributed by atoms with van der Waals surface area (Å²) in [5.74, 6) is -0.00546. The SMILES string of the molecule is CCC(NC(=O)c1cncc2c1cnn2-c1ccc(F)cc1)c1cnc(SC)o1. The highest BCUT2D eigenvalue weighted by molar-refractivity contribution is 7.98. The molecule has 9 heteroatoms. The Hall–Kier alpha value is -3.20. The van der Waals surface area contributed by atoms with Gasteiger partial charge in [-0.3, -0.25) is 9.78 Å². The number of pyridine rings is 1. The highest BCUT2D eigenvalue weighted by atomic mass is 32.2. The summed E-state index contributed by atoms with van der Waals surface area (Å²) in [7, 11) is 0. The zero-order chi connectivity index (χ0) is 20.4. The molecular formula is C20H18FN5O2S. The first-order chi connectivity index (χ1) is 14.1. The number of hydrogen-bond acceptors (Lipinski definition) is 6. The third kappa shape index (κ3) is 3.73. The monoisotopic (exact) mass is 411 g/mol. The Morgan fingerprint density at radius 2 is 2.03 bits per heavy atom. The van der Waals surface area contributed by atoms with Gasteiger partial charge in [0.1, 0.15) is 11.6 Å². The molecule has 1 aromatic carbocycles. The van der Waals surface area contributed by atoms with E-state index in [9.17, 15) is 9.18 Å². The maximum Gasteiger partial charge on any atom is 0.255 e. The van der Waals surface area contributed by atoms with Gasteiger partial charge >= 0.3 is 0 Å². The van der Waals surface area contributed by atoms with Gasteiger partial charge in [0.05, 0.1) is 41.4 Å². The number of amides is 1. The van der Waals surface area contributed by atoms with E-state index in [0.29, 0.717) is 39.6 Å². The molecule has 0 aliphatic rings. The van der Waals surface area contributed by atoms with Crippen LogP contribution in [0.3, 0.4) is 0 Å². The lowest BCUT2D eigenvalue weighted by molar-refractivity contribution is 0.0930. The molecule has 3 aromatic heterocycles. The summed E-state index contributed by atoms with van der Waals surface area (Å²) in [6, 6.07) is 5.65. The molecule has 0 fully saturated rings. The second-order valence-electron chi connectivity index (χ2n) is 6.32.